The van der Waals surface area contributed by atoms with Gasteiger partial charge in [0.1, 0.15) is 11.8 Å². The maximum atomic E-state index is 13.0. The molecule has 6 heteroatoms. The lowest BCUT2D eigenvalue weighted by atomic mass is 10.1. The fourth-order valence-corrected chi connectivity index (χ4v) is 4.34. The van der Waals surface area contributed by atoms with Crippen LogP contribution in [0.15, 0.2) is 75.8 Å². The molecular formula is C23H25N3O2S. The molecule has 150 valence electrons. The van der Waals surface area contributed by atoms with Crippen molar-refractivity contribution in [1.82, 2.24) is 9.91 Å². The van der Waals surface area contributed by atoms with E-state index in [0.29, 0.717) is 13.0 Å². The van der Waals surface area contributed by atoms with Crippen molar-refractivity contribution in [1.29, 1.82) is 0 Å². The molecule has 3 heterocycles. The van der Waals surface area contributed by atoms with Crippen LogP contribution < -0.4 is 0 Å². The zero-order valence-electron chi connectivity index (χ0n) is 16.5. The molecule has 4 rings (SSSR count). The summed E-state index contributed by atoms with van der Waals surface area (Å²) in [5.41, 5.74) is 2.27. The van der Waals surface area contributed by atoms with Gasteiger partial charge >= 0.3 is 0 Å². The molecule has 0 radical (unpaired) electrons. The van der Waals surface area contributed by atoms with Gasteiger partial charge in [0.25, 0.3) is 5.91 Å². The molecule has 0 saturated heterocycles. The van der Waals surface area contributed by atoms with Crippen LogP contribution in [0.25, 0.3) is 0 Å². The van der Waals surface area contributed by atoms with Crippen molar-refractivity contribution in [2.24, 2.45) is 5.10 Å². The minimum Gasteiger partial charge on any atom is -0.467 e. The summed E-state index contributed by atoms with van der Waals surface area (Å²) >= 11 is 1.65. The van der Waals surface area contributed by atoms with E-state index in [2.05, 4.69) is 34.3 Å². The Morgan fingerprint density at radius 3 is 2.79 bits per heavy atom. The first-order valence-corrected chi connectivity index (χ1v) is 10.8. The standard InChI is InChI=1S/C23H25N3O2S/c1-25(13-5-10-18-8-3-2-4-9-18)17-23(27)26-20(21-11-6-14-28-21)16-19(24-26)22-12-7-15-29-22/h2-4,6-9,11-12,14-15,20H,5,10,13,16-17H2,1H3. The summed E-state index contributed by atoms with van der Waals surface area (Å²) in [7, 11) is 1.99. The lowest BCUT2D eigenvalue weighted by Gasteiger charge is -2.23. The molecule has 1 unspecified atom stereocenters. The van der Waals surface area contributed by atoms with E-state index in [1.54, 1.807) is 22.6 Å². The molecule has 5 nitrogen and oxygen atoms in total. The summed E-state index contributed by atoms with van der Waals surface area (Å²) in [6.45, 7) is 1.20. The van der Waals surface area contributed by atoms with E-state index in [1.165, 1.54) is 5.56 Å². The number of likely N-dealkylation sites (N-methyl/N-ethyl adjacent to an activating group) is 1. The third-order valence-corrected chi connectivity index (χ3v) is 6.02. The number of hydrogen-bond donors (Lipinski definition) is 0. The number of hydrazone groups is 1. The quantitative estimate of drug-likeness (QED) is 0.549. The highest BCUT2D eigenvalue weighted by atomic mass is 32.1. The fourth-order valence-electron chi connectivity index (χ4n) is 3.61. The lowest BCUT2D eigenvalue weighted by Crippen LogP contribution is -2.36. The molecule has 0 saturated carbocycles. The van der Waals surface area contributed by atoms with Crippen LogP contribution in [-0.4, -0.2) is 41.7 Å². The van der Waals surface area contributed by atoms with Crippen LogP contribution >= 0.6 is 11.3 Å². The summed E-state index contributed by atoms with van der Waals surface area (Å²) in [5.74, 6) is 0.778. The second-order valence-corrected chi connectivity index (χ2v) is 8.27. The Hall–Kier alpha value is -2.70. The number of carbonyl (C=O) groups is 1. The summed E-state index contributed by atoms with van der Waals surface area (Å²) in [4.78, 5) is 16.2. The molecule has 1 atom stereocenters. The van der Waals surface area contributed by atoms with Crippen molar-refractivity contribution in [2.75, 3.05) is 20.1 Å². The van der Waals surface area contributed by atoms with Gasteiger partial charge in [0.2, 0.25) is 0 Å². The van der Waals surface area contributed by atoms with Crippen molar-refractivity contribution in [3.8, 4) is 0 Å². The number of amides is 1. The van der Waals surface area contributed by atoms with Crippen molar-refractivity contribution in [3.63, 3.8) is 0 Å². The monoisotopic (exact) mass is 407 g/mol. The number of nitrogens with zero attached hydrogens (tertiary/aromatic N) is 3. The lowest BCUT2D eigenvalue weighted by molar-refractivity contribution is -0.134. The predicted molar refractivity (Wildman–Crippen MR) is 116 cm³/mol. The Morgan fingerprint density at radius 2 is 2.07 bits per heavy atom. The van der Waals surface area contributed by atoms with Gasteiger partial charge in [-0.1, -0.05) is 36.4 Å². The minimum atomic E-state index is -0.174. The maximum Gasteiger partial charge on any atom is 0.257 e. The normalized spacial score (nSPS) is 16.4. The zero-order chi connectivity index (χ0) is 20.1. The average Bonchev–Trinajstić information content (AvgIpc) is 3.49. The highest BCUT2D eigenvalue weighted by Gasteiger charge is 2.35. The SMILES string of the molecule is CN(CCCc1ccccc1)CC(=O)N1N=C(c2cccs2)CC1c1ccco1. The van der Waals surface area contributed by atoms with E-state index in [1.807, 2.05) is 42.8 Å². The highest BCUT2D eigenvalue weighted by Crippen LogP contribution is 2.34. The molecule has 0 spiro atoms. The highest BCUT2D eigenvalue weighted by molar-refractivity contribution is 7.12. The molecule has 0 fully saturated rings. The van der Waals surface area contributed by atoms with Crippen molar-refractivity contribution >= 4 is 23.0 Å². The van der Waals surface area contributed by atoms with Crippen LogP contribution in [0.1, 0.15) is 35.1 Å². The third kappa shape index (κ3) is 4.83. The Morgan fingerprint density at radius 1 is 1.21 bits per heavy atom. The van der Waals surface area contributed by atoms with Gasteiger partial charge in [-0.3, -0.25) is 9.69 Å². The summed E-state index contributed by atoms with van der Waals surface area (Å²) in [5, 5.41) is 8.32. The number of carbonyl (C=O) groups excluding carboxylic acids is 1. The molecule has 0 bridgehead atoms. The second-order valence-electron chi connectivity index (χ2n) is 7.32. The first kappa shape index (κ1) is 19.6. The Labute approximate surface area is 175 Å². The minimum absolute atomic E-state index is 0.000155. The van der Waals surface area contributed by atoms with E-state index >= 15 is 0 Å². The molecule has 1 amide bonds. The van der Waals surface area contributed by atoms with Gasteiger partial charge in [-0.15, -0.1) is 11.3 Å². The number of thiophene rings is 1. The van der Waals surface area contributed by atoms with Crippen molar-refractivity contribution < 1.29 is 9.21 Å². The van der Waals surface area contributed by atoms with Crippen LogP contribution in [0.4, 0.5) is 0 Å². The third-order valence-electron chi connectivity index (χ3n) is 5.10. The molecule has 3 aromatic rings. The first-order valence-electron chi connectivity index (χ1n) is 9.90. The summed E-state index contributed by atoms with van der Waals surface area (Å²) < 4.78 is 5.60. The first-order chi connectivity index (χ1) is 14.2. The Kier molecular flexibility index (Phi) is 6.22. The van der Waals surface area contributed by atoms with Gasteiger partial charge in [-0.25, -0.2) is 5.01 Å². The summed E-state index contributed by atoms with van der Waals surface area (Å²) in [6.07, 6.45) is 4.35. The number of rotatable bonds is 8. The topological polar surface area (TPSA) is 49.1 Å². The van der Waals surface area contributed by atoms with Gasteiger partial charge in [-0.05, 0) is 55.6 Å². The van der Waals surface area contributed by atoms with Crippen LogP contribution in [0.2, 0.25) is 0 Å². The van der Waals surface area contributed by atoms with E-state index in [4.69, 9.17) is 4.42 Å². The predicted octanol–water partition coefficient (Wildman–Crippen LogP) is 4.58. The fraction of sp³-hybridized carbons (Fsp3) is 0.304. The van der Waals surface area contributed by atoms with E-state index in [0.717, 1.165) is 35.7 Å². The van der Waals surface area contributed by atoms with E-state index in [-0.39, 0.29) is 11.9 Å². The smallest absolute Gasteiger partial charge is 0.257 e. The molecule has 1 aromatic carbocycles. The van der Waals surface area contributed by atoms with Gasteiger partial charge in [-0.2, -0.15) is 5.10 Å². The molecule has 29 heavy (non-hydrogen) atoms. The number of aryl methyl sites for hydroxylation is 1. The largest absolute Gasteiger partial charge is 0.467 e. The Balaban J connectivity index is 1.38. The van der Waals surface area contributed by atoms with Gasteiger partial charge in [0.05, 0.1) is 23.4 Å². The molecule has 0 aliphatic carbocycles. The molecular weight excluding hydrogens is 382 g/mol. The molecule has 2 aromatic heterocycles. The van der Waals surface area contributed by atoms with E-state index in [9.17, 15) is 4.79 Å². The maximum absolute atomic E-state index is 13.0. The van der Waals surface area contributed by atoms with E-state index < -0.39 is 0 Å². The van der Waals surface area contributed by atoms with Gasteiger partial charge in [0, 0.05) is 6.42 Å². The molecule has 0 N–H and O–H groups in total. The van der Waals surface area contributed by atoms with Crippen molar-refractivity contribution in [2.45, 2.75) is 25.3 Å². The van der Waals surface area contributed by atoms with Crippen LogP contribution in [-0.2, 0) is 11.2 Å². The second kappa shape index (κ2) is 9.20. The number of furan rings is 1. The molecule has 1 aliphatic rings. The Bertz CT molecular complexity index is 936. The number of benzene rings is 1. The van der Waals surface area contributed by atoms with Crippen LogP contribution in [0.3, 0.4) is 0 Å². The van der Waals surface area contributed by atoms with Crippen LogP contribution in [0.5, 0.6) is 0 Å². The van der Waals surface area contributed by atoms with Gasteiger partial charge < -0.3 is 4.42 Å². The number of hydrogen-bond acceptors (Lipinski definition) is 5. The average molecular weight is 408 g/mol. The van der Waals surface area contributed by atoms with Crippen LogP contribution in [0, 0.1) is 0 Å². The zero-order valence-corrected chi connectivity index (χ0v) is 17.3. The van der Waals surface area contributed by atoms with Gasteiger partial charge in [0.15, 0.2) is 0 Å². The summed E-state index contributed by atoms with van der Waals surface area (Å²) in [6, 6.07) is 18.1. The molecule has 1 aliphatic heterocycles. The van der Waals surface area contributed by atoms with Crippen molar-refractivity contribution in [3.05, 3.63) is 82.4 Å².